The highest BCUT2D eigenvalue weighted by atomic mass is 19.4. The molecule has 0 saturated heterocycles. The zero-order valence-electron chi connectivity index (χ0n) is 13.0. The summed E-state index contributed by atoms with van der Waals surface area (Å²) in [4.78, 5) is 22.5. The van der Waals surface area contributed by atoms with Gasteiger partial charge in [0.05, 0.1) is 4.92 Å². The average molecular weight is 359 g/mol. The van der Waals surface area contributed by atoms with Crippen LogP contribution in [0.1, 0.15) is 36.0 Å². The van der Waals surface area contributed by atoms with Crippen molar-refractivity contribution in [3.05, 3.63) is 45.8 Å². The number of aromatic nitrogens is 1. The number of rotatable bonds is 5. The van der Waals surface area contributed by atoms with Gasteiger partial charge in [-0.25, -0.2) is 0 Å². The van der Waals surface area contributed by atoms with Gasteiger partial charge in [-0.05, 0) is 24.3 Å². The van der Waals surface area contributed by atoms with E-state index in [0.29, 0.717) is 0 Å². The molecule has 0 unspecified atom stereocenters. The SMILES string of the molecule is CC(C)c1onc(C(=O)Nc2ccc(OC(F)(F)F)cc2)c1[N+](=O)[O-]. The summed E-state index contributed by atoms with van der Waals surface area (Å²) in [5.74, 6) is -1.82. The molecule has 0 saturated carbocycles. The van der Waals surface area contributed by atoms with Gasteiger partial charge in [-0.2, -0.15) is 0 Å². The van der Waals surface area contributed by atoms with Crippen molar-refractivity contribution in [2.45, 2.75) is 26.1 Å². The van der Waals surface area contributed by atoms with Crippen LogP contribution in [0.4, 0.5) is 24.5 Å². The third-order valence-corrected chi connectivity index (χ3v) is 2.96. The summed E-state index contributed by atoms with van der Waals surface area (Å²) < 4.78 is 44.8. The van der Waals surface area contributed by atoms with Gasteiger partial charge in [-0.3, -0.25) is 14.9 Å². The first-order valence-corrected chi connectivity index (χ1v) is 6.89. The van der Waals surface area contributed by atoms with Gasteiger partial charge in [0.1, 0.15) is 5.75 Å². The van der Waals surface area contributed by atoms with E-state index < -0.39 is 34.3 Å². The number of benzene rings is 1. The fraction of sp³-hybridized carbons (Fsp3) is 0.286. The smallest absolute Gasteiger partial charge is 0.406 e. The van der Waals surface area contributed by atoms with Gasteiger partial charge in [0.15, 0.2) is 0 Å². The van der Waals surface area contributed by atoms with Crippen molar-refractivity contribution < 1.29 is 32.1 Å². The lowest BCUT2D eigenvalue weighted by Gasteiger charge is -2.09. The average Bonchev–Trinajstić information content (AvgIpc) is 2.93. The molecule has 0 spiro atoms. The lowest BCUT2D eigenvalue weighted by molar-refractivity contribution is -0.386. The number of halogens is 3. The van der Waals surface area contributed by atoms with Crippen molar-refractivity contribution in [2.24, 2.45) is 0 Å². The molecule has 0 fully saturated rings. The molecule has 134 valence electrons. The molecule has 1 aromatic carbocycles. The van der Waals surface area contributed by atoms with Gasteiger partial charge in [0.25, 0.3) is 5.91 Å². The highest BCUT2D eigenvalue weighted by Crippen LogP contribution is 2.30. The number of hydrogen-bond donors (Lipinski definition) is 1. The van der Waals surface area contributed by atoms with Gasteiger partial charge in [-0.1, -0.05) is 19.0 Å². The third kappa shape index (κ3) is 4.46. The van der Waals surface area contributed by atoms with Crippen LogP contribution in [0.2, 0.25) is 0 Å². The van der Waals surface area contributed by atoms with Gasteiger partial charge in [-0.15, -0.1) is 13.2 Å². The van der Waals surface area contributed by atoms with Crippen LogP contribution in [0.25, 0.3) is 0 Å². The summed E-state index contributed by atoms with van der Waals surface area (Å²) >= 11 is 0. The third-order valence-electron chi connectivity index (χ3n) is 2.96. The molecule has 0 bridgehead atoms. The Kier molecular flexibility index (Phi) is 4.95. The number of nitrogens with zero attached hydrogens (tertiary/aromatic N) is 2. The van der Waals surface area contributed by atoms with E-state index in [1.165, 1.54) is 0 Å². The second kappa shape index (κ2) is 6.79. The van der Waals surface area contributed by atoms with Crippen LogP contribution >= 0.6 is 0 Å². The lowest BCUT2D eigenvalue weighted by Crippen LogP contribution is -2.17. The summed E-state index contributed by atoms with van der Waals surface area (Å²) in [6, 6.07) is 4.27. The Labute approximate surface area is 138 Å². The zero-order chi connectivity index (χ0) is 18.8. The molecular formula is C14H12F3N3O5. The molecule has 1 heterocycles. The van der Waals surface area contributed by atoms with Crippen molar-refractivity contribution in [2.75, 3.05) is 5.32 Å². The van der Waals surface area contributed by atoms with E-state index >= 15 is 0 Å². The Morgan fingerprint density at radius 1 is 1.32 bits per heavy atom. The monoisotopic (exact) mass is 359 g/mol. The Morgan fingerprint density at radius 2 is 1.92 bits per heavy atom. The van der Waals surface area contributed by atoms with E-state index in [1.807, 2.05) is 0 Å². The molecular weight excluding hydrogens is 347 g/mol. The molecule has 8 nitrogen and oxygen atoms in total. The molecule has 11 heteroatoms. The van der Waals surface area contributed by atoms with Crippen molar-refractivity contribution in [1.82, 2.24) is 5.16 Å². The number of carbonyl (C=O) groups is 1. The second-order valence-electron chi connectivity index (χ2n) is 5.18. The summed E-state index contributed by atoms with van der Waals surface area (Å²) in [5.41, 5.74) is -0.975. The number of carbonyl (C=O) groups excluding carboxylic acids is 1. The van der Waals surface area contributed by atoms with E-state index in [9.17, 15) is 28.1 Å². The number of alkyl halides is 3. The maximum absolute atomic E-state index is 12.1. The number of nitrogens with one attached hydrogen (secondary N) is 1. The van der Waals surface area contributed by atoms with E-state index in [4.69, 9.17) is 4.52 Å². The molecule has 0 aliphatic heterocycles. The Hall–Kier alpha value is -3.11. The second-order valence-corrected chi connectivity index (χ2v) is 5.18. The maximum Gasteiger partial charge on any atom is 0.573 e. The van der Waals surface area contributed by atoms with Gasteiger partial charge < -0.3 is 14.6 Å². The molecule has 0 radical (unpaired) electrons. The number of nitro groups is 1. The molecule has 0 aliphatic carbocycles. The van der Waals surface area contributed by atoms with E-state index in [-0.39, 0.29) is 17.4 Å². The quantitative estimate of drug-likeness (QED) is 0.642. The predicted molar refractivity (Wildman–Crippen MR) is 78.3 cm³/mol. The van der Waals surface area contributed by atoms with Crippen LogP contribution in [0.5, 0.6) is 5.75 Å². The largest absolute Gasteiger partial charge is 0.573 e. The first kappa shape index (κ1) is 18.2. The summed E-state index contributed by atoms with van der Waals surface area (Å²) in [6.07, 6.45) is -4.83. The maximum atomic E-state index is 12.1. The minimum absolute atomic E-state index is 0.0518. The van der Waals surface area contributed by atoms with Crippen LogP contribution in [-0.4, -0.2) is 22.3 Å². The minimum atomic E-state index is -4.83. The molecule has 25 heavy (non-hydrogen) atoms. The van der Waals surface area contributed by atoms with Gasteiger partial charge in [0.2, 0.25) is 11.5 Å². The Bertz CT molecular complexity index is 784. The van der Waals surface area contributed by atoms with Gasteiger partial charge >= 0.3 is 12.0 Å². The minimum Gasteiger partial charge on any atom is -0.406 e. The molecule has 0 aliphatic rings. The van der Waals surface area contributed by atoms with Crippen molar-refractivity contribution in [1.29, 1.82) is 0 Å². The van der Waals surface area contributed by atoms with E-state index in [2.05, 4.69) is 15.2 Å². The first-order valence-electron chi connectivity index (χ1n) is 6.89. The number of ether oxygens (including phenoxy) is 1. The Morgan fingerprint density at radius 3 is 2.40 bits per heavy atom. The molecule has 1 aromatic heterocycles. The first-order chi connectivity index (χ1) is 11.6. The van der Waals surface area contributed by atoms with Gasteiger partial charge in [0, 0.05) is 11.6 Å². The van der Waals surface area contributed by atoms with Crippen molar-refractivity contribution in [3.63, 3.8) is 0 Å². The normalized spacial score (nSPS) is 11.4. The fourth-order valence-corrected chi connectivity index (χ4v) is 1.93. The Balaban J connectivity index is 2.19. The van der Waals surface area contributed by atoms with Crippen LogP contribution in [0.15, 0.2) is 28.8 Å². The number of amides is 1. The number of anilines is 1. The van der Waals surface area contributed by atoms with Crippen LogP contribution in [0.3, 0.4) is 0 Å². The lowest BCUT2D eigenvalue weighted by atomic mass is 10.1. The zero-order valence-corrected chi connectivity index (χ0v) is 13.0. The molecule has 1 amide bonds. The van der Waals surface area contributed by atoms with Crippen LogP contribution in [0, 0.1) is 10.1 Å². The van der Waals surface area contributed by atoms with E-state index in [0.717, 1.165) is 24.3 Å². The van der Waals surface area contributed by atoms with Crippen LogP contribution < -0.4 is 10.1 Å². The highest BCUT2D eigenvalue weighted by molar-refractivity contribution is 6.05. The molecule has 2 aromatic rings. The summed E-state index contributed by atoms with van der Waals surface area (Å²) in [7, 11) is 0. The summed E-state index contributed by atoms with van der Waals surface area (Å²) in [5, 5.41) is 16.9. The number of hydrogen-bond acceptors (Lipinski definition) is 6. The van der Waals surface area contributed by atoms with E-state index in [1.54, 1.807) is 13.8 Å². The van der Waals surface area contributed by atoms with Crippen molar-refractivity contribution in [3.8, 4) is 5.75 Å². The van der Waals surface area contributed by atoms with Crippen LogP contribution in [-0.2, 0) is 0 Å². The molecule has 1 N–H and O–H groups in total. The molecule has 0 atom stereocenters. The fourth-order valence-electron chi connectivity index (χ4n) is 1.93. The topological polar surface area (TPSA) is 108 Å². The molecule has 2 rings (SSSR count). The predicted octanol–water partition coefficient (Wildman–Crippen LogP) is 3.86. The van der Waals surface area contributed by atoms with Crippen molar-refractivity contribution >= 4 is 17.3 Å². The highest BCUT2D eigenvalue weighted by Gasteiger charge is 2.33. The summed E-state index contributed by atoms with van der Waals surface area (Å²) in [6.45, 7) is 3.27. The standard InChI is InChI=1S/C14H12F3N3O5/c1-7(2)12-11(20(22)23)10(19-25-12)13(21)18-8-3-5-9(6-4-8)24-14(15,16)17/h3-7H,1-2H3,(H,18,21).